The molecule has 0 aliphatic heterocycles. The average molecular weight is 176 g/mol. The highest BCUT2D eigenvalue weighted by Crippen LogP contribution is 2.12. The molecule has 1 aromatic rings. The van der Waals surface area contributed by atoms with Crippen LogP contribution >= 0.6 is 0 Å². The van der Waals surface area contributed by atoms with E-state index < -0.39 is 0 Å². The normalized spacial score (nSPS) is 9.31. The Balaban J connectivity index is 2.59. The maximum Gasteiger partial charge on any atom is 0.167 e. The Morgan fingerprint density at radius 2 is 2.08 bits per heavy atom. The lowest BCUT2D eigenvalue weighted by Gasteiger charge is -2.03. The molecule has 0 saturated heterocycles. The summed E-state index contributed by atoms with van der Waals surface area (Å²) in [6.07, 6.45) is 1.76. The van der Waals surface area contributed by atoms with Crippen molar-refractivity contribution in [1.82, 2.24) is 0 Å². The summed E-state index contributed by atoms with van der Waals surface area (Å²) in [6.45, 7) is 5.27. The van der Waals surface area contributed by atoms with Crippen molar-refractivity contribution in [3.63, 3.8) is 0 Å². The van der Waals surface area contributed by atoms with Gasteiger partial charge in [0.2, 0.25) is 0 Å². The Hall–Kier alpha value is -1.57. The molecular weight excluding hydrogens is 164 g/mol. The molecular formula is C11H12O2. The number of ether oxygens (including phenoxy) is 1. The molecule has 0 saturated carbocycles. The Morgan fingerprint density at radius 3 is 2.54 bits per heavy atom. The quantitative estimate of drug-likeness (QED) is 0.703. The fourth-order valence-electron chi connectivity index (χ4n) is 0.885. The van der Waals surface area contributed by atoms with E-state index in [0.717, 1.165) is 5.56 Å². The van der Waals surface area contributed by atoms with Crippen LogP contribution in [0.5, 0.6) is 5.75 Å². The fourth-order valence-corrected chi connectivity index (χ4v) is 0.885. The zero-order chi connectivity index (χ0) is 9.68. The minimum Gasteiger partial charge on any atom is -0.486 e. The summed E-state index contributed by atoms with van der Waals surface area (Å²) in [5, 5.41) is 0. The van der Waals surface area contributed by atoms with E-state index in [-0.39, 0.29) is 12.4 Å². The molecule has 0 radical (unpaired) electrons. The van der Waals surface area contributed by atoms with Crippen molar-refractivity contribution in [3.05, 3.63) is 36.4 Å². The first-order valence-electron chi connectivity index (χ1n) is 4.07. The van der Waals surface area contributed by atoms with Crippen molar-refractivity contribution in [1.29, 1.82) is 0 Å². The maximum absolute atomic E-state index is 10.6. The molecule has 1 rings (SSSR count). The number of Topliss-reactive ketones (excluding diaryl/α,β-unsaturated/α-hetero) is 1. The van der Waals surface area contributed by atoms with Gasteiger partial charge in [-0.1, -0.05) is 24.8 Å². The number of hydrogen-bond donors (Lipinski definition) is 0. The van der Waals surface area contributed by atoms with Gasteiger partial charge >= 0.3 is 0 Å². The van der Waals surface area contributed by atoms with E-state index in [9.17, 15) is 4.79 Å². The number of hydrogen-bond acceptors (Lipinski definition) is 2. The summed E-state index contributed by atoms with van der Waals surface area (Å²) in [4.78, 5) is 10.6. The van der Waals surface area contributed by atoms with E-state index in [4.69, 9.17) is 4.74 Å². The average Bonchev–Trinajstić information content (AvgIpc) is 2.15. The summed E-state index contributed by atoms with van der Waals surface area (Å²) in [7, 11) is 0. The van der Waals surface area contributed by atoms with Crippen molar-refractivity contribution >= 4 is 11.9 Å². The van der Waals surface area contributed by atoms with E-state index in [0.29, 0.717) is 5.75 Å². The highest BCUT2D eigenvalue weighted by Gasteiger charge is 1.95. The highest BCUT2D eigenvalue weighted by atomic mass is 16.5. The molecule has 2 heteroatoms. The third-order valence-corrected chi connectivity index (χ3v) is 1.56. The van der Waals surface area contributed by atoms with Gasteiger partial charge in [-0.3, -0.25) is 4.79 Å². The van der Waals surface area contributed by atoms with Crippen LogP contribution in [0.15, 0.2) is 30.8 Å². The zero-order valence-corrected chi connectivity index (χ0v) is 7.62. The van der Waals surface area contributed by atoms with E-state index in [1.807, 2.05) is 24.3 Å². The lowest BCUT2D eigenvalue weighted by atomic mass is 10.2. The van der Waals surface area contributed by atoms with E-state index in [2.05, 4.69) is 6.58 Å². The van der Waals surface area contributed by atoms with Crippen molar-refractivity contribution in [2.24, 2.45) is 0 Å². The largest absolute Gasteiger partial charge is 0.486 e. The summed E-state index contributed by atoms with van der Waals surface area (Å²) < 4.78 is 5.18. The van der Waals surface area contributed by atoms with Gasteiger partial charge in [-0.25, -0.2) is 0 Å². The molecule has 0 unspecified atom stereocenters. The summed E-state index contributed by atoms with van der Waals surface area (Å²) in [5.74, 6) is 0.730. The molecule has 0 amide bonds. The fraction of sp³-hybridized carbons (Fsp3) is 0.182. The SMILES string of the molecule is C=Cc1ccc(OCC(C)=O)cc1. The molecule has 0 aliphatic carbocycles. The molecule has 13 heavy (non-hydrogen) atoms. The molecule has 1 aromatic carbocycles. The molecule has 0 N–H and O–H groups in total. The summed E-state index contributed by atoms with van der Waals surface area (Å²) >= 11 is 0. The van der Waals surface area contributed by atoms with Crippen LogP contribution in [0.3, 0.4) is 0 Å². The molecule has 0 fully saturated rings. The predicted molar refractivity (Wildman–Crippen MR) is 52.7 cm³/mol. The van der Waals surface area contributed by atoms with E-state index >= 15 is 0 Å². The van der Waals surface area contributed by atoms with E-state index in [1.54, 1.807) is 6.08 Å². The number of carbonyl (C=O) groups excluding carboxylic acids is 1. The van der Waals surface area contributed by atoms with Crippen LogP contribution in [0.2, 0.25) is 0 Å². The predicted octanol–water partition coefficient (Wildman–Crippen LogP) is 2.30. The van der Waals surface area contributed by atoms with Crippen LogP contribution in [0.25, 0.3) is 6.08 Å². The molecule has 68 valence electrons. The Morgan fingerprint density at radius 1 is 1.46 bits per heavy atom. The van der Waals surface area contributed by atoms with Gasteiger partial charge in [0.15, 0.2) is 5.78 Å². The van der Waals surface area contributed by atoms with Crippen molar-refractivity contribution in [2.75, 3.05) is 6.61 Å². The lowest BCUT2D eigenvalue weighted by molar-refractivity contribution is -0.118. The Kier molecular flexibility index (Phi) is 3.26. The lowest BCUT2D eigenvalue weighted by Crippen LogP contribution is -2.06. The second kappa shape index (κ2) is 4.45. The summed E-state index contributed by atoms with van der Waals surface area (Å²) in [6, 6.07) is 7.42. The molecule has 0 bridgehead atoms. The van der Waals surface area contributed by atoms with Crippen LogP contribution in [0, 0.1) is 0 Å². The van der Waals surface area contributed by atoms with Crippen LogP contribution in [0.1, 0.15) is 12.5 Å². The molecule has 0 spiro atoms. The smallest absolute Gasteiger partial charge is 0.167 e. The minimum atomic E-state index is 0.0211. The standard InChI is InChI=1S/C11H12O2/c1-3-10-4-6-11(7-5-10)13-8-9(2)12/h3-7H,1,8H2,2H3. The Labute approximate surface area is 77.8 Å². The third-order valence-electron chi connectivity index (χ3n) is 1.56. The molecule has 0 aromatic heterocycles. The molecule has 0 atom stereocenters. The van der Waals surface area contributed by atoms with Crippen LogP contribution in [0.4, 0.5) is 0 Å². The van der Waals surface area contributed by atoms with Crippen molar-refractivity contribution in [2.45, 2.75) is 6.92 Å². The van der Waals surface area contributed by atoms with Gasteiger partial charge in [0.05, 0.1) is 0 Å². The molecule has 2 nitrogen and oxygen atoms in total. The van der Waals surface area contributed by atoms with Crippen LogP contribution in [-0.4, -0.2) is 12.4 Å². The first-order valence-corrected chi connectivity index (χ1v) is 4.07. The maximum atomic E-state index is 10.6. The highest BCUT2D eigenvalue weighted by molar-refractivity contribution is 5.77. The monoisotopic (exact) mass is 176 g/mol. The third kappa shape index (κ3) is 3.11. The number of benzene rings is 1. The van der Waals surface area contributed by atoms with Gasteiger partial charge < -0.3 is 4.74 Å². The number of rotatable bonds is 4. The zero-order valence-electron chi connectivity index (χ0n) is 7.62. The minimum absolute atomic E-state index is 0.0211. The molecule has 0 aliphatic rings. The van der Waals surface area contributed by atoms with Gasteiger partial charge in [-0.15, -0.1) is 0 Å². The number of carbonyl (C=O) groups is 1. The van der Waals surface area contributed by atoms with Gasteiger partial charge in [-0.05, 0) is 24.6 Å². The number of ketones is 1. The summed E-state index contributed by atoms with van der Waals surface area (Å²) in [5.41, 5.74) is 1.04. The van der Waals surface area contributed by atoms with Gasteiger partial charge in [-0.2, -0.15) is 0 Å². The van der Waals surface area contributed by atoms with Gasteiger partial charge in [0.25, 0.3) is 0 Å². The Bertz CT molecular complexity index is 298. The second-order valence-electron chi connectivity index (χ2n) is 2.76. The van der Waals surface area contributed by atoms with Crippen LogP contribution in [-0.2, 0) is 4.79 Å². The first-order chi connectivity index (χ1) is 6.22. The van der Waals surface area contributed by atoms with Crippen molar-refractivity contribution < 1.29 is 9.53 Å². The van der Waals surface area contributed by atoms with Crippen molar-refractivity contribution in [3.8, 4) is 5.75 Å². The van der Waals surface area contributed by atoms with E-state index in [1.165, 1.54) is 6.92 Å². The first kappa shape index (κ1) is 9.52. The van der Waals surface area contributed by atoms with Crippen LogP contribution < -0.4 is 4.74 Å². The van der Waals surface area contributed by atoms with Gasteiger partial charge in [0.1, 0.15) is 12.4 Å². The van der Waals surface area contributed by atoms with Gasteiger partial charge in [0, 0.05) is 0 Å². The molecule has 0 heterocycles. The second-order valence-corrected chi connectivity index (χ2v) is 2.76. The topological polar surface area (TPSA) is 26.3 Å².